The Kier molecular flexibility index (Phi) is 4.07. The molecule has 0 radical (unpaired) electrons. The largest absolute Gasteiger partial charge is 0.475 e. The number of furan rings is 1. The molecule has 1 heterocycles. The predicted molar refractivity (Wildman–Crippen MR) is 68.7 cm³/mol. The van der Waals surface area contributed by atoms with Gasteiger partial charge in [0, 0.05) is 11.6 Å². The molecule has 2 N–H and O–H groups in total. The molecule has 1 aromatic rings. The molecule has 0 bridgehead atoms. The number of hydrogen-bond donors (Lipinski definition) is 2. The van der Waals surface area contributed by atoms with Crippen LogP contribution < -0.4 is 5.32 Å². The van der Waals surface area contributed by atoms with E-state index < -0.39 is 5.97 Å². The third-order valence-corrected chi connectivity index (χ3v) is 3.87. The van der Waals surface area contributed by atoms with Gasteiger partial charge in [0.25, 0.3) is 0 Å². The molecule has 0 aliphatic heterocycles. The summed E-state index contributed by atoms with van der Waals surface area (Å²) < 4.78 is 5.33. The average molecular weight is 251 g/mol. The van der Waals surface area contributed by atoms with Gasteiger partial charge in [0.15, 0.2) is 0 Å². The molecule has 0 amide bonds. The van der Waals surface area contributed by atoms with Gasteiger partial charge >= 0.3 is 5.97 Å². The van der Waals surface area contributed by atoms with Crippen molar-refractivity contribution in [1.29, 1.82) is 0 Å². The van der Waals surface area contributed by atoms with Gasteiger partial charge in [-0.1, -0.05) is 12.8 Å². The summed E-state index contributed by atoms with van der Waals surface area (Å²) >= 11 is 0. The fourth-order valence-corrected chi connectivity index (χ4v) is 2.73. The molecule has 100 valence electrons. The van der Waals surface area contributed by atoms with Crippen LogP contribution in [0.5, 0.6) is 0 Å². The molecule has 1 saturated carbocycles. The van der Waals surface area contributed by atoms with Crippen LogP contribution in [0.2, 0.25) is 0 Å². The van der Waals surface area contributed by atoms with E-state index in [4.69, 9.17) is 9.52 Å². The van der Waals surface area contributed by atoms with Gasteiger partial charge in [0.2, 0.25) is 5.76 Å². The van der Waals surface area contributed by atoms with Crippen molar-refractivity contribution in [3.05, 3.63) is 23.2 Å². The van der Waals surface area contributed by atoms with Gasteiger partial charge < -0.3 is 14.8 Å². The standard InChI is InChI=1S/C14H21NO3/c1-9-7-12(18-13(9)14(16)17)8-15-10(2)11-5-3-4-6-11/h7,10-11,15H,3-6,8H2,1-2H3,(H,16,17). The number of rotatable bonds is 5. The fourth-order valence-electron chi connectivity index (χ4n) is 2.73. The van der Waals surface area contributed by atoms with Crippen LogP contribution in [0.25, 0.3) is 0 Å². The SMILES string of the molecule is Cc1cc(CNC(C)C2CCCC2)oc1C(=O)O. The molecule has 1 atom stereocenters. The first kappa shape index (κ1) is 13.1. The lowest BCUT2D eigenvalue weighted by atomic mass is 10.00. The molecule has 1 aliphatic rings. The van der Waals surface area contributed by atoms with E-state index in [0.29, 0.717) is 23.9 Å². The smallest absolute Gasteiger partial charge is 0.372 e. The van der Waals surface area contributed by atoms with Crippen LogP contribution in [0.1, 0.15) is 54.5 Å². The lowest BCUT2D eigenvalue weighted by Gasteiger charge is -2.19. The molecule has 0 aromatic carbocycles. The summed E-state index contributed by atoms with van der Waals surface area (Å²) in [4.78, 5) is 10.9. The highest BCUT2D eigenvalue weighted by Crippen LogP contribution is 2.27. The average Bonchev–Trinajstić information content (AvgIpc) is 2.94. The maximum Gasteiger partial charge on any atom is 0.372 e. The monoisotopic (exact) mass is 251 g/mol. The highest BCUT2D eigenvalue weighted by atomic mass is 16.4. The van der Waals surface area contributed by atoms with Gasteiger partial charge in [-0.3, -0.25) is 0 Å². The van der Waals surface area contributed by atoms with Crippen LogP contribution in [-0.2, 0) is 6.54 Å². The van der Waals surface area contributed by atoms with Crippen molar-refractivity contribution in [3.8, 4) is 0 Å². The van der Waals surface area contributed by atoms with Crippen molar-refractivity contribution in [2.24, 2.45) is 5.92 Å². The van der Waals surface area contributed by atoms with E-state index >= 15 is 0 Å². The summed E-state index contributed by atoms with van der Waals surface area (Å²) in [6.07, 6.45) is 5.26. The Morgan fingerprint density at radius 2 is 2.22 bits per heavy atom. The van der Waals surface area contributed by atoms with Crippen LogP contribution in [0, 0.1) is 12.8 Å². The molecule has 2 rings (SSSR count). The van der Waals surface area contributed by atoms with Gasteiger partial charge in [0.05, 0.1) is 6.54 Å². The minimum Gasteiger partial charge on any atom is -0.475 e. The highest BCUT2D eigenvalue weighted by Gasteiger charge is 2.21. The van der Waals surface area contributed by atoms with E-state index in [1.165, 1.54) is 25.7 Å². The lowest BCUT2D eigenvalue weighted by Crippen LogP contribution is -2.31. The molecule has 4 nitrogen and oxygen atoms in total. The Morgan fingerprint density at radius 3 is 2.78 bits per heavy atom. The highest BCUT2D eigenvalue weighted by molar-refractivity contribution is 5.86. The van der Waals surface area contributed by atoms with Crippen molar-refractivity contribution in [1.82, 2.24) is 5.32 Å². The molecule has 1 unspecified atom stereocenters. The van der Waals surface area contributed by atoms with Gasteiger partial charge in [-0.25, -0.2) is 4.79 Å². The summed E-state index contributed by atoms with van der Waals surface area (Å²) in [5.74, 6) is 0.512. The van der Waals surface area contributed by atoms with Crippen molar-refractivity contribution in [2.45, 2.75) is 52.1 Å². The van der Waals surface area contributed by atoms with E-state index in [9.17, 15) is 4.79 Å². The van der Waals surface area contributed by atoms with E-state index in [-0.39, 0.29) is 5.76 Å². The maximum atomic E-state index is 10.9. The van der Waals surface area contributed by atoms with Crippen LogP contribution in [0.3, 0.4) is 0 Å². The third kappa shape index (κ3) is 2.93. The molecular weight excluding hydrogens is 230 g/mol. The molecule has 4 heteroatoms. The summed E-state index contributed by atoms with van der Waals surface area (Å²) in [5.41, 5.74) is 0.688. The fraction of sp³-hybridized carbons (Fsp3) is 0.643. The molecule has 0 saturated heterocycles. The number of hydrogen-bond acceptors (Lipinski definition) is 3. The van der Waals surface area contributed by atoms with E-state index in [0.717, 1.165) is 5.92 Å². The second kappa shape index (κ2) is 5.57. The van der Waals surface area contributed by atoms with Gasteiger partial charge in [-0.2, -0.15) is 0 Å². The number of nitrogens with one attached hydrogen (secondary N) is 1. The Labute approximate surface area is 107 Å². The Balaban J connectivity index is 1.89. The minimum absolute atomic E-state index is 0.0559. The third-order valence-electron chi connectivity index (χ3n) is 3.87. The number of carbonyl (C=O) groups is 1. The van der Waals surface area contributed by atoms with Crippen molar-refractivity contribution in [3.63, 3.8) is 0 Å². The second-order valence-electron chi connectivity index (χ2n) is 5.24. The second-order valence-corrected chi connectivity index (χ2v) is 5.24. The van der Waals surface area contributed by atoms with Crippen molar-refractivity contribution < 1.29 is 14.3 Å². The zero-order valence-electron chi connectivity index (χ0n) is 11.0. The van der Waals surface area contributed by atoms with Crippen molar-refractivity contribution in [2.75, 3.05) is 0 Å². The Morgan fingerprint density at radius 1 is 1.56 bits per heavy atom. The zero-order chi connectivity index (χ0) is 13.1. The first-order chi connectivity index (χ1) is 8.58. The van der Waals surface area contributed by atoms with Crippen molar-refractivity contribution >= 4 is 5.97 Å². The molecule has 0 spiro atoms. The topological polar surface area (TPSA) is 62.5 Å². The van der Waals surface area contributed by atoms with Gasteiger partial charge in [-0.15, -0.1) is 0 Å². The minimum atomic E-state index is -0.998. The molecular formula is C14H21NO3. The molecule has 18 heavy (non-hydrogen) atoms. The molecule has 1 aromatic heterocycles. The van der Waals surface area contributed by atoms with E-state index in [2.05, 4.69) is 12.2 Å². The van der Waals surface area contributed by atoms with E-state index in [1.807, 2.05) is 0 Å². The molecule has 1 fully saturated rings. The number of carboxylic acid groups (broad SMARTS) is 1. The summed E-state index contributed by atoms with van der Waals surface area (Å²) in [7, 11) is 0. The Hall–Kier alpha value is -1.29. The lowest BCUT2D eigenvalue weighted by molar-refractivity contribution is 0.0659. The maximum absolute atomic E-state index is 10.9. The first-order valence-corrected chi connectivity index (χ1v) is 6.64. The zero-order valence-corrected chi connectivity index (χ0v) is 11.0. The van der Waals surface area contributed by atoms with Gasteiger partial charge in [-0.05, 0) is 38.7 Å². The normalized spacial score (nSPS) is 18.1. The predicted octanol–water partition coefficient (Wildman–Crippen LogP) is 2.95. The van der Waals surface area contributed by atoms with Crippen LogP contribution >= 0.6 is 0 Å². The van der Waals surface area contributed by atoms with E-state index in [1.54, 1.807) is 13.0 Å². The summed E-state index contributed by atoms with van der Waals surface area (Å²) in [6.45, 7) is 4.56. The quantitative estimate of drug-likeness (QED) is 0.844. The van der Waals surface area contributed by atoms with Crippen LogP contribution in [-0.4, -0.2) is 17.1 Å². The summed E-state index contributed by atoms with van der Waals surface area (Å²) in [6, 6.07) is 2.27. The number of aromatic carboxylic acids is 1. The van der Waals surface area contributed by atoms with Crippen LogP contribution in [0.4, 0.5) is 0 Å². The number of carboxylic acids is 1. The van der Waals surface area contributed by atoms with Gasteiger partial charge in [0.1, 0.15) is 5.76 Å². The molecule has 1 aliphatic carbocycles. The number of aryl methyl sites for hydroxylation is 1. The first-order valence-electron chi connectivity index (χ1n) is 6.64. The Bertz CT molecular complexity index is 419. The van der Waals surface area contributed by atoms with Crippen LogP contribution in [0.15, 0.2) is 10.5 Å². The summed E-state index contributed by atoms with van der Waals surface area (Å²) in [5, 5.41) is 12.3.